The monoisotopic (exact) mass is 364 g/mol. The van der Waals surface area contributed by atoms with E-state index in [9.17, 15) is 4.79 Å². The Morgan fingerprint density at radius 2 is 1.52 bits per heavy atom. The zero-order valence-corrected chi connectivity index (χ0v) is 15.4. The lowest BCUT2D eigenvalue weighted by atomic mass is 9.88. The van der Waals surface area contributed by atoms with E-state index in [0.29, 0.717) is 29.4 Å². The molecule has 138 valence electrons. The number of carbonyl (C=O) groups excluding carboxylic acids is 1. The molecule has 1 atom stereocenters. The predicted octanol–water partition coefficient (Wildman–Crippen LogP) is 4.11. The molecule has 0 saturated carbocycles. The summed E-state index contributed by atoms with van der Waals surface area (Å²) in [4.78, 5) is 12.7. The van der Waals surface area contributed by atoms with E-state index >= 15 is 0 Å². The molecule has 0 fully saturated rings. The Labute approximate surface area is 157 Å². The van der Waals surface area contributed by atoms with Gasteiger partial charge in [-0.15, -0.1) is 0 Å². The van der Waals surface area contributed by atoms with Crippen LogP contribution >= 0.6 is 0 Å². The largest absolute Gasteiger partial charge is 0.493 e. The maximum atomic E-state index is 12.7. The lowest BCUT2D eigenvalue weighted by Crippen LogP contribution is -2.26. The van der Waals surface area contributed by atoms with Crippen molar-refractivity contribution in [1.82, 2.24) is 0 Å². The number of hydrogen-bond acceptors (Lipinski definition) is 5. The van der Waals surface area contributed by atoms with Crippen LogP contribution in [0.5, 0.6) is 23.0 Å². The Bertz CT molecular complexity index is 999. The van der Waals surface area contributed by atoms with Crippen molar-refractivity contribution in [3.05, 3.63) is 59.7 Å². The third-order valence-corrected chi connectivity index (χ3v) is 4.94. The first-order valence-corrected chi connectivity index (χ1v) is 8.68. The van der Waals surface area contributed by atoms with Gasteiger partial charge < -0.3 is 18.9 Å². The highest BCUT2D eigenvalue weighted by molar-refractivity contribution is 5.89. The molecule has 1 heterocycles. The van der Waals surface area contributed by atoms with Crippen molar-refractivity contribution in [3.63, 3.8) is 0 Å². The van der Waals surface area contributed by atoms with Crippen molar-refractivity contribution in [2.75, 3.05) is 21.3 Å². The summed E-state index contributed by atoms with van der Waals surface area (Å²) in [5.74, 6) is 1.44. The summed E-state index contributed by atoms with van der Waals surface area (Å²) in [6, 6.07) is 15.7. The summed E-state index contributed by atoms with van der Waals surface area (Å²) >= 11 is 0. The molecule has 0 saturated heterocycles. The minimum Gasteiger partial charge on any atom is -0.493 e. The molecule has 5 heteroatoms. The molecule has 4 rings (SSSR count). The van der Waals surface area contributed by atoms with Gasteiger partial charge in [0.2, 0.25) is 5.75 Å². The highest BCUT2D eigenvalue weighted by atomic mass is 16.5. The molecule has 0 spiro atoms. The fourth-order valence-corrected chi connectivity index (χ4v) is 3.56. The number of methoxy groups -OCH3 is 3. The Morgan fingerprint density at radius 1 is 0.889 bits per heavy atom. The van der Waals surface area contributed by atoms with Crippen LogP contribution in [0.3, 0.4) is 0 Å². The van der Waals surface area contributed by atoms with Gasteiger partial charge in [-0.1, -0.05) is 24.3 Å². The van der Waals surface area contributed by atoms with Crippen molar-refractivity contribution in [3.8, 4) is 23.0 Å². The molecule has 0 aromatic heterocycles. The van der Waals surface area contributed by atoms with Gasteiger partial charge in [-0.3, -0.25) is 4.79 Å². The molecule has 0 amide bonds. The molecule has 5 nitrogen and oxygen atoms in total. The third-order valence-electron chi connectivity index (χ3n) is 4.94. The lowest BCUT2D eigenvalue weighted by Gasteiger charge is -2.25. The molecule has 0 N–H and O–H groups in total. The van der Waals surface area contributed by atoms with Gasteiger partial charge in [-0.2, -0.15) is 0 Å². The number of ether oxygens (including phenoxy) is 4. The minimum absolute atomic E-state index is 0.285. The maximum absolute atomic E-state index is 12.7. The van der Waals surface area contributed by atoms with Crippen LogP contribution < -0.4 is 18.9 Å². The number of fused-ring (bicyclic) bond motifs is 2. The molecule has 1 unspecified atom stereocenters. The summed E-state index contributed by atoms with van der Waals surface area (Å²) in [7, 11) is 4.67. The van der Waals surface area contributed by atoms with Crippen molar-refractivity contribution in [2.24, 2.45) is 0 Å². The summed E-state index contributed by atoms with van der Waals surface area (Å²) in [6.07, 6.45) is 0.553. The standard InChI is InChI=1S/C22H20O5/c1-24-19-11-15(12-20(25-2)21(19)26-3)17-9-16-8-13-6-4-5-7-14(13)10-18(16)27-22(17)23/h4-8,10-12,17H,9H2,1-3H3. The molecule has 3 aromatic carbocycles. The van der Waals surface area contributed by atoms with E-state index in [-0.39, 0.29) is 5.97 Å². The Kier molecular flexibility index (Phi) is 4.36. The second-order valence-corrected chi connectivity index (χ2v) is 6.44. The SMILES string of the molecule is COc1cc(C2Cc3cc4ccccc4cc3OC2=O)cc(OC)c1OC. The van der Waals surface area contributed by atoms with Crippen molar-refractivity contribution in [2.45, 2.75) is 12.3 Å². The van der Waals surface area contributed by atoms with E-state index in [1.807, 2.05) is 24.3 Å². The first-order chi connectivity index (χ1) is 13.1. The Balaban J connectivity index is 1.77. The van der Waals surface area contributed by atoms with E-state index in [0.717, 1.165) is 21.9 Å². The molecular formula is C22H20O5. The van der Waals surface area contributed by atoms with E-state index < -0.39 is 5.92 Å². The number of rotatable bonds is 4. The summed E-state index contributed by atoms with van der Waals surface area (Å²) < 4.78 is 21.9. The van der Waals surface area contributed by atoms with Crippen LogP contribution in [-0.4, -0.2) is 27.3 Å². The predicted molar refractivity (Wildman–Crippen MR) is 102 cm³/mol. The molecule has 1 aliphatic heterocycles. The van der Waals surface area contributed by atoms with Crippen molar-refractivity contribution >= 4 is 16.7 Å². The van der Waals surface area contributed by atoms with Crippen LogP contribution in [0, 0.1) is 0 Å². The van der Waals surface area contributed by atoms with E-state index in [1.165, 1.54) is 0 Å². The van der Waals surface area contributed by atoms with Crippen LogP contribution in [-0.2, 0) is 11.2 Å². The van der Waals surface area contributed by atoms with Gasteiger partial charge in [0, 0.05) is 0 Å². The molecule has 27 heavy (non-hydrogen) atoms. The number of hydrogen-bond donors (Lipinski definition) is 0. The third kappa shape index (κ3) is 2.95. The average molecular weight is 364 g/mol. The van der Waals surface area contributed by atoms with Crippen LogP contribution in [0.25, 0.3) is 10.8 Å². The lowest BCUT2D eigenvalue weighted by molar-refractivity contribution is -0.137. The highest BCUT2D eigenvalue weighted by Gasteiger charge is 2.31. The van der Waals surface area contributed by atoms with Crippen LogP contribution in [0.1, 0.15) is 17.0 Å². The smallest absolute Gasteiger partial charge is 0.319 e. The topological polar surface area (TPSA) is 54.0 Å². The Morgan fingerprint density at radius 3 is 2.11 bits per heavy atom. The van der Waals surface area contributed by atoms with Gasteiger partial charge in [-0.05, 0) is 52.6 Å². The van der Waals surface area contributed by atoms with E-state index in [2.05, 4.69) is 12.1 Å². The van der Waals surface area contributed by atoms with Gasteiger partial charge in [0.15, 0.2) is 11.5 Å². The number of benzene rings is 3. The zero-order chi connectivity index (χ0) is 19.0. The van der Waals surface area contributed by atoms with Gasteiger partial charge in [0.25, 0.3) is 0 Å². The minimum atomic E-state index is -0.438. The fourth-order valence-electron chi connectivity index (χ4n) is 3.56. The molecule has 3 aromatic rings. The van der Waals surface area contributed by atoms with Gasteiger partial charge in [0.1, 0.15) is 5.75 Å². The van der Waals surface area contributed by atoms with Gasteiger partial charge in [-0.25, -0.2) is 0 Å². The van der Waals surface area contributed by atoms with Gasteiger partial charge in [0.05, 0.1) is 27.2 Å². The summed E-state index contributed by atoms with van der Waals surface area (Å²) in [5.41, 5.74) is 1.78. The zero-order valence-electron chi connectivity index (χ0n) is 15.4. The quantitative estimate of drug-likeness (QED) is 0.515. The van der Waals surface area contributed by atoms with Crippen molar-refractivity contribution in [1.29, 1.82) is 0 Å². The van der Waals surface area contributed by atoms with Crippen LogP contribution in [0.2, 0.25) is 0 Å². The molecule has 1 aliphatic rings. The molecule has 0 bridgehead atoms. The normalized spacial score (nSPS) is 15.8. The molecule has 0 radical (unpaired) electrons. The summed E-state index contributed by atoms with van der Waals surface area (Å²) in [6.45, 7) is 0. The van der Waals surface area contributed by atoms with Crippen LogP contribution in [0.15, 0.2) is 48.5 Å². The fraction of sp³-hybridized carbons (Fsp3) is 0.227. The molecule has 0 aliphatic carbocycles. The summed E-state index contributed by atoms with van der Waals surface area (Å²) in [5, 5.41) is 2.17. The van der Waals surface area contributed by atoms with E-state index in [1.54, 1.807) is 33.5 Å². The Hall–Kier alpha value is -3.21. The number of esters is 1. The maximum Gasteiger partial charge on any atom is 0.319 e. The average Bonchev–Trinajstić information content (AvgIpc) is 2.70. The first kappa shape index (κ1) is 17.2. The second-order valence-electron chi connectivity index (χ2n) is 6.44. The van der Waals surface area contributed by atoms with Crippen molar-refractivity contribution < 1.29 is 23.7 Å². The van der Waals surface area contributed by atoms with Crippen LogP contribution in [0.4, 0.5) is 0 Å². The highest BCUT2D eigenvalue weighted by Crippen LogP contribution is 2.43. The second kappa shape index (κ2) is 6.83. The number of carbonyl (C=O) groups is 1. The van der Waals surface area contributed by atoms with Gasteiger partial charge >= 0.3 is 5.97 Å². The first-order valence-electron chi connectivity index (χ1n) is 8.68. The molecular weight excluding hydrogens is 344 g/mol. The van der Waals surface area contributed by atoms with E-state index in [4.69, 9.17) is 18.9 Å².